The summed E-state index contributed by atoms with van der Waals surface area (Å²) in [7, 11) is 0. The normalized spacial score (nSPS) is 11.6. The molecule has 1 heterocycles. The number of nitrogens with one attached hydrogen (secondary N) is 1. The zero-order valence-corrected chi connectivity index (χ0v) is 13.1. The van der Waals surface area contributed by atoms with Crippen molar-refractivity contribution in [1.29, 1.82) is 0 Å². The van der Waals surface area contributed by atoms with Crippen molar-refractivity contribution in [1.82, 2.24) is 5.32 Å². The molecular weight excluding hydrogens is 256 g/mol. The van der Waals surface area contributed by atoms with Gasteiger partial charge < -0.3 is 11.1 Å². The number of rotatable bonds is 8. The highest BCUT2D eigenvalue weighted by atomic mass is 32.1. The molecule has 1 aromatic heterocycles. The molecule has 1 aromatic rings. The van der Waals surface area contributed by atoms with Gasteiger partial charge in [-0.25, -0.2) is 0 Å². The monoisotopic (exact) mass is 282 g/mol. The third kappa shape index (κ3) is 5.74. The average molecular weight is 282 g/mol. The largest absolute Gasteiger partial charge is 0.354 e. The van der Waals surface area contributed by atoms with E-state index in [1.165, 1.54) is 9.75 Å². The van der Waals surface area contributed by atoms with Gasteiger partial charge in [-0.05, 0) is 44.7 Å². The first-order valence-corrected chi connectivity index (χ1v) is 7.91. The van der Waals surface area contributed by atoms with Crippen molar-refractivity contribution in [3.63, 3.8) is 0 Å². The Labute approximate surface area is 120 Å². The minimum atomic E-state index is -0.249. The van der Waals surface area contributed by atoms with Gasteiger partial charge in [0.2, 0.25) is 5.91 Å². The van der Waals surface area contributed by atoms with Gasteiger partial charge >= 0.3 is 0 Å². The van der Waals surface area contributed by atoms with Crippen molar-refractivity contribution in [2.45, 2.75) is 58.4 Å². The molecule has 0 aromatic carbocycles. The fourth-order valence-corrected chi connectivity index (χ4v) is 2.84. The lowest BCUT2D eigenvalue weighted by Gasteiger charge is -2.26. The SMILES string of the molecule is CCC(N)(CC)CNC(=O)CCCc1ccc(C)s1. The van der Waals surface area contributed by atoms with Crippen LogP contribution in [0.2, 0.25) is 0 Å². The van der Waals surface area contributed by atoms with Crippen molar-refractivity contribution in [3.05, 3.63) is 21.9 Å². The van der Waals surface area contributed by atoms with Crippen LogP contribution in [0.25, 0.3) is 0 Å². The molecule has 4 heteroatoms. The van der Waals surface area contributed by atoms with Gasteiger partial charge in [0.15, 0.2) is 0 Å². The summed E-state index contributed by atoms with van der Waals surface area (Å²) in [6.45, 7) is 6.82. The van der Waals surface area contributed by atoms with E-state index in [-0.39, 0.29) is 11.4 Å². The molecule has 0 radical (unpaired) electrons. The fourth-order valence-electron chi connectivity index (χ4n) is 1.91. The highest BCUT2D eigenvalue weighted by Gasteiger charge is 2.20. The standard InChI is InChI=1S/C15H26N2OS/c1-4-15(16,5-2)11-17-14(18)8-6-7-13-10-9-12(3)19-13/h9-10H,4-8,11,16H2,1-3H3,(H,17,18). The first kappa shape index (κ1) is 16.2. The van der Waals surface area contributed by atoms with Gasteiger partial charge in [0.25, 0.3) is 0 Å². The Morgan fingerprint density at radius 3 is 2.58 bits per heavy atom. The third-order valence-corrected chi connectivity index (χ3v) is 4.73. The molecule has 108 valence electrons. The second kappa shape index (κ2) is 7.65. The van der Waals surface area contributed by atoms with E-state index in [9.17, 15) is 4.79 Å². The second-order valence-electron chi connectivity index (χ2n) is 5.21. The van der Waals surface area contributed by atoms with Crippen LogP contribution in [-0.2, 0) is 11.2 Å². The molecule has 0 spiro atoms. The number of nitrogens with two attached hydrogens (primary N) is 1. The Balaban J connectivity index is 2.21. The van der Waals surface area contributed by atoms with Crippen LogP contribution in [0.15, 0.2) is 12.1 Å². The van der Waals surface area contributed by atoms with Crippen molar-refractivity contribution in [2.24, 2.45) is 5.73 Å². The molecule has 0 fully saturated rings. The molecule has 0 atom stereocenters. The third-order valence-electron chi connectivity index (χ3n) is 3.67. The van der Waals surface area contributed by atoms with E-state index < -0.39 is 0 Å². The maximum atomic E-state index is 11.8. The molecule has 19 heavy (non-hydrogen) atoms. The summed E-state index contributed by atoms with van der Waals surface area (Å²) in [5.41, 5.74) is 5.90. The van der Waals surface area contributed by atoms with E-state index >= 15 is 0 Å². The maximum Gasteiger partial charge on any atom is 0.220 e. The van der Waals surface area contributed by atoms with Crippen LogP contribution in [0, 0.1) is 6.92 Å². The number of thiophene rings is 1. The highest BCUT2D eigenvalue weighted by molar-refractivity contribution is 7.11. The average Bonchev–Trinajstić information content (AvgIpc) is 2.82. The van der Waals surface area contributed by atoms with Crippen LogP contribution in [0.5, 0.6) is 0 Å². The number of hydrogen-bond acceptors (Lipinski definition) is 3. The van der Waals surface area contributed by atoms with Crippen molar-refractivity contribution < 1.29 is 4.79 Å². The number of carbonyl (C=O) groups is 1. The summed E-state index contributed by atoms with van der Waals surface area (Å²) in [4.78, 5) is 14.4. The topological polar surface area (TPSA) is 55.1 Å². The quantitative estimate of drug-likeness (QED) is 0.770. The van der Waals surface area contributed by atoms with Crippen molar-refractivity contribution in [2.75, 3.05) is 6.54 Å². The Kier molecular flexibility index (Phi) is 6.52. The molecule has 0 saturated carbocycles. The molecule has 0 saturated heterocycles. The lowest BCUT2D eigenvalue weighted by molar-refractivity contribution is -0.121. The fraction of sp³-hybridized carbons (Fsp3) is 0.667. The molecule has 1 rings (SSSR count). The molecule has 0 bridgehead atoms. The van der Waals surface area contributed by atoms with Crippen LogP contribution >= 0.6 is 11.3 Å². The van der Waals surface area contributed by atoms with E-state index in [0.29, 0.717) is 13.0 Å². The van der Waals surface area contributed by atoms with Crippen LogP contribution < -0.4 is 11.1 Å². The number of aryl methyl sites for hydroxylation is 2. The van der Waals surface area contributed by atoms with E-state index in [0.717, 1.165) is 25.7 Å². The molecule has 0 aliphatic carbocycles. The highest BCUT2D eigenvalue weighted by Crippen LogP contribution is 2.17. The first-order valence-electron chi connectivity index (χ1n) is 7.10. The molecule has 0 aliphatic heterocycles. The Morgan fingerprint density at radius 2 is 2.05 bits per heavy atom. The summed E-state index contributed by atoms with van der Waals surface area (Å²) in [6.07, 6.45) is 4.25. The Morgan fingerprint density at radius 1 is 1.37 bits per heavy atom. The Bertz CT molecular complexity index is 397. The molecule has 1 amide bonds. The molecule has 0 unspecified atom stereocenters. The zero-order chi connectivity index (χ0) is 14.3. The van der Waals surface area contributed by atoms with E-state index in [1.54, 1.807) is 0 Å². The smallest absolute Gasteiger partial charge is 0.220 e. The first-order chi connectivity index (χ1) is 8.99. The predicted octanol–water partition coefficient (Wildman–Crippen LogP) is 3.01. The van der Waals surface area contributed by atoms with Gasteiger partial charge in [0.1, 0.15) is 0 Å². The van der Waals surface area contributed by atoms with Crippen LogP contribution in [-0.4, -0.2) is 18.0 Å². The number of carbonyl (C=O) groups excluding carboxylic acids is 1. The van der Waals surface area contributed by atoms with Gasteiger partial charge in [-0.2, -0.15) is 0 Å². The van der Waals surface area contributed by atoms with Crippen LogP contribution in [0.1, 0.15) is 49.3 Å². The minimum absolute atomic E-state index is 0.116. The summed E-state index contributed by atoms with van der Waals surface area (Å²) in [5, 5.41) is 2.96. The van der Waals surface area contributed by atoms with Crippen LogP contribution in [0.4, 0.5) is 0 Å². The maximum absolute atomic E-state index is 11.8. The molecular formula is C15H26N2OS. The van der Waals surface area contributed by atoms with Gasteiger partial charge in [-0.15, -0.1) is 11.3 Å². The summed E-state index contributed by atoms with van der Waals surface area (Å²) >= 11 is 1.81. The van der Waals surface area contributed by atoms with Gasteiger partial charge in [0.05, 0.1) is 0 Å². The minimum Gasteiger partial charge on any atom is -0.354 e. The molecule has 3 nitrogen and oxygen atoms in total. The number of hydrogen-bond donors (Lipinski definition) is 2. The molecule has 3 N–H and O–H groups in total. The summed E-state index contributed by atoms with van der Waals surface area (Å²) in [5.74, 6) is 0.116. The zero-order valence-electron chi connectivity index (χ0n) is 12.3. The van der Waals surface area contributed by atoms with Crippen molar-refractivity contribution >= 4 is 17.2 Å². The van der Waals surface area contributed by atoms with Gasteiger partial charge in [-0.3, -0.25) is 4.79 Å². The van der Waals surface area contributed by atoms with Gasteiger partial charge in [-0.1, -0.05) is 13.8 Å². The number of amides is 1. The van der Waals surface area contributed by atoms with E-state index in [4.69, 9.17) is 5.73 Å². The van der Waals surface area contributed by atoms with Gasteiger partial charge in [0, 0.05) is 28.3 Å². The summed E-state index contributed by atoms with van der Waals surface area (Å²) < 4.78 is 0. The van der Waals surface area contributed by atoms with E-state index in [2.05, 4.69) is 38.2 Å². The van der Waals surface area contributed by atoms with Crippen molar-refractivity contribution in [3.8, 4) is 0 Å². The summed E-state index contributed by atoms with van der Waals surface area (Å²) in [6, 6.07) is 4.28. The van der Waals surface area contributed by atoms with E-state index in [1.807, 2.05) is 11.3 Å². The Hall–Kier alpha value is -0.870. The molecule has 0 aliphatic rings. The lowest BCUT2D eigenvalue weighted by atomic mass is 9.94. The lowest BCUT2D eigenvalue weighted by Crippen LogP contribution is -2.49. The predicted molar refractivity (Wildman–Crippen MR) is 82.5 cm³/mol. The second-order valence-corrected chi connectivity index (χ2v) is 6.58. The van der Waals surface area contributed by atoms with Crippen LogP contribution in [0.3, 0.4) is 0 Å².